The van der Waals surface area contributed by atoms with E-state index >= 15 is 0 Å². The normalized spacial score (nSPS) is 10.3. The molecule has 0 heterocycles. The van der Waals surface area contributed by atoms with Crippen molar-refractivity contribution < 1.29 is 33.3 Å². The molecule has 7 nitrogen and oxygen atoms in total. The highest BCUT2D eigenvalue weighted by atomic mass is 16.6. The van der Waals surface area contributed by atoms with E-state index < -0.39 is 11.9 Å². The van der Waals surface area contributed by atoms with Gasteiger partial charge in [-0.3, -0.25) is 0 Å². The van der Waals surface area contributed by atoms with Crippen LogP contribution in [-0.4, -0.2) is 38.4 Å². The van der Waals surface area contributed by atoms with Gasteiger partial charge in [0.2, 0.25) is 0 Å². The second-order valence-electron chi connectivity index (χ2n) is 7.75. The molecule has 7 heteroatoms. The van der Waals surface area contributed by atoms with Crippen molar-refractivity contribution in [3.8, 4) is 23.0 Å². The summed E-state index contributed by atoms with van der Waals surface area (Å²) in [6.07, 6.45) is 0. The van der Waals surface area contributed by atoms with E-state index in [-0.39, 0.29) is 13.2 Å². The van der Waals surface area contributed by atoms with Gasteiger partial charge < -0.3 is 23.7 Å². The summed E-state index contributed by atoms with van der Waals surface area (Å²) in [4.78, 5) is 24.8. The van der Waals surface area contributed by atoms with Crippen LogP contribution in [0.4, 0.5) is 0 Å². The van der Waals surface area contributed by atoms with E-state index in [1.807, 2.05) is 60.7 Å². The minimum absolute atomic E-state index is 0.112. The van der Waals surface area contributed by atoms with E-state index in [9.17, 15) is 9.59 Å². The van der Waals surface area contributed by atoms with Crippen molar-refractivity contribution in [3.63, 3.8) is 0 Å². The lowest BCUT2D eigenvalue weighted by Gasteiger charge is -2.10. The maximum Gasteiger partial charge on any atom is 0.343 e. The Bertz CT molecular complexity index is 1270. The van der Waals surface area contributed by atoms with E-state index in [1.165, 1.54) is 24.3 Å². The molecule has 0 spiro atoms. The number of carbonyl (C=O) groups is 2. The summed E-state index contributed by atoms with van der Waals surface area (Å²) >= 11 is 0. The van der Waals surface area contributed by atoms with Crippen molar-refractivity contribution in [3.05, 3.63) is 120 Å². The van der Waals surface area contributed by atoms with Gasteiger partial charge >= 0.3 is 11.9 Å². The molecule has 4 aromatic rings. The molecule has 0 N–H and O–H groups in total. The molecular weight excluding hydrogens is 472 g/mol. The third-order valence-electron chi connectivity index (χ3n) is 5.06. The quantitative estimate of drug-likeness (QED) is 0.143. The number of para-hydroxylation sites is 2. The lowest BCUT2D eigenvalue weighted by Crippen LogP contribution is -2.13. The van der Waals surface area contributed by atoms with Gasteiger partial charge in [-0.15, -0.1) is 0 Å². The average molecular weight is 499 g/mol. The second-order valence-corrected chi connectivity index (χ2v) is 7.75. The van der Waals surface area contributed by atoms with Gasteiger partial charge in [0.25, 0.3) is 0 Å². The Morgan fingerprint density at radius 3 is 1.62 bits per heavy atom. The van der Waals surface area contributed by atoms with Crippen LogP contribution >= 0.6 is 0 Å². The number of carbonyl (C=O) groups excluding carboxylic acids is 2. The Morgan fingerprint density at radius 2 is 1.00 bits per heavy atom. The molecule has 0 saturated heterocycles. The summed E-state index contributed by atoms with van der Waals surface area (Å²) in [6, 6.07) is 31.6. The Morgan fingerprint density at radius 1 is 0.459 bits per heavy atom. The van der Waals surface area contributed by atoms with Gasteiger partial charge in [0, 0.05) is 0 Å². The molecule has 0 fully saturated rings. The van der Waals surface area contributed by atoms with Gasteiger partial charge in [-0.25, -0.2) is 9.59 Å². The maximum atomic E-state index is 12.6. The minimum atomic E-state index is -0.542. The number of hydrogen-bond acceptors (Lipinski definition) is 7. The minimum Gasteiger partial charge on any atom is -0.490 e. The Hall–Kier alpha value is -4.78. The van der Waals surface area contributed by atoms with Gasteiger partial charge in [-0.2, -0.15) is 0 Å². The summed E-state index contributed by atoms with van der Waals surface area (Å²) in [5.41, 5.74) is 0.677. The van der Waals surface area contributed by atoms with Gasteiger partial charge in [0.1, 0.15) is 49.4 Å². The van der Waals surface area contributed by atoms with Crippen LogP contribution in [0.25, 0.3) is 0 Å². The first-order chi connectivity index (χ1) is 18.2. The third kappa shape index (κ3) is 8.14. The molecule has 4 aromatic carbocycles. The predicted molar refractivity (Wildman–Crippen MR) is 137 cm³/mol. The molecule has 0 aromatic heterocycles. The standard InChI is InChI=1S/C30H26O7/c31-29(36-21-20-34-26-11-5-2-6-12-26)23-14-16-27(17-15-23)37-30(32)24-8-7-13-28(22-24)35-19-18-33-25-9-3-1-4-10-25/h1-17,22H,18-21H2. The Balaban J connectivity index is 1.21. The average Bonchev–Trinajstić information content (AvgIpc) is 2.95. The van der Waals surface area contributed by atoms with Gasteiger partial charge in [0.05, 0.1) is 11.1 Å². The Labute approximate surface area is 215 Å². The van der Waals surface area contributed by atoms with Crippen LogP contribution in [0.5, 0.6) is 23.0 Å². The number of hydrogen-bond donors (Lipinski definition) is 0. The zero-order valence-electron chi connectivity index (χ0n) is 20.1. The van der Waals surface area contributed by atoms with E-state index in [2.05, 4.69) is 0 Å². The zero-order chi connectivity index (χ0) is 25.7. The third-order valence-corrected chi connectivity index (χ3v) is 5.06. The summed E-state index contributed by atoms with van der Waals surface area (Å²) in [5.74, 6) is 1.27. The molecule has 0 bridgehead atoms. The van der Waals surface area contributed by atoms with Crippen LogP contribution in [0.2, 0.25) is 0 Å². The summed E-state index contributed by atoms with van der Waals surface area (Å²) in [5, 5.41) is 0. The fourth-order valence-electron chi connectivity index (χ4n) is 3.27. The molecule has 0 amide bonds. The first-order valence-electron chi connectivity index (χ1n) is 11.8. The first-order valence-corrected chi connectivity index (χ1v) is 11.8. The second kappa shape index (κ2) is 13.3. The smallest absolute Gasteiger partial charge is 0.343 e. The lowest BCUT2D eigenvalue weighted by atomic mass is 10.2. The van der Waals surface area contributed by atoms with Gasteiger partial charge in [0.15, 0.2) is 0 Å². The monoisotopic (exact) mass is 498 g/mol. The molecule has 0 aliphatic rings. The number of ether oxygens (including phenoxy) is 5. The summed E-state index contributed by atoms with van der Waals surface area (Å²) in [7, 11) is 0. The van der Waals surface area contributed by atoms with Crippen LogP contribution in [0, 0.1) is 0 Å². The predicted octanol–water partition coefficient (Wildman–Crippen LogP) is 5.60. The fourth-order valence-corrected chi connectivity index (χ4v) is 3.27. The number of esters is 2. The summed E-state index contributed by atoms with van der Waals surface area (Å²) in [6.45, 7) is 1.05. The van der Waals surface area contributed by atoms with Crippen molar-refractivity contribution in [2.24, 2.45) is 0 Å². The van der Waals surface area contributed by atoms with E-state index in [0.717, 1.165) is 5.75 Å². The molecule has 0 unspecified atom stereocenters. The highest BCUT2D eigenvalue weighted by Gasteiger charge is 2.12. The molecule has 0 saturated carbocycles. The fraction of sp³-hybridized carbons (Fsp3) is 0.133. The van der Waals surface area contributed by atoms with E-state index in [1.54, 1.807) is 24.3 Å². The first kappa shape index (κ1) is 25.3. The lowest BCUT2D eigenvalue weighted by molar-refractivity contribution is 0.0450. The molecule has 0 atom stereocenters. The van der Waals surface area contributed by atoms with E-state index in [0.29, 0.717) is 41.6 Å². The van der Waals surface area contributed by atoms with Crippen LogP contribution in [0.3, 0.4) is 0 Å². The zero-order valence-corrected chi connectivity index (χ0v) is 20.1. The van der Waals surface area contributed by atoms with Gasteiger partial charge in [-0.1, -0.05) is 42.5 Å². The molecule has 0 aliphatic carbocycles. The molecule has 188 valence electrons. The molecule has 0 aliphatic heterocycles. The maximum absolute atomic E-state index is 12.6. The van der Waals surface area contributed by atoms with Crippen molar-refractivity contribution in [2.75, 3.05) is 26.4 Å². The summed E-state index contributed by atoms with van der Waals surface area (Å²) < 4.78 is 27.4. The van der Waals surface area contributed by atoms with Gasteiger partial charge in [-0.05, 0) is 66.7 Å². The van der Waals surface area contributed by atoms with Crippen LogP contribution in [0.15, 0.2) is 109 Å². The van der Waals surface area contributed by atoms with Crippen molar-refractivity contribution >= 4 is 11.9 Å². The van der Waals surface area contributed by atoms with Crippen molar-refractivity contribution in [1.82, 2.24) is 0 Å². The van der Waals surface area contributed by atoms with Crippen LogP contribution in [0.1, 0.15) is 20.7 Å². The molecular formula is C30H26O7. The number of benzene rings is 4. The largest absolute Gasteiger partial charge is 0.490 e. The van der Waals surface area contributed by atoms with E-state index in [4.69, 9.17) is 23.7 Å². The SMILES string of the molecule is O=C(OCCOc1ccccc1)c1ccc(OC(=O)c2cccc(OCCOc3ccccc3)c2)cc1. The molecule has 37 heavy (non-hydrogen) atoms. The Kier molecular flexibility index (Phi) is 9.13. The van der Waals surface area contributed by atoms with Crippen molar-refractivity contribution in [2.45, 2.75) is 0 Å². The van der Waals surface area contributed by atoms with Crippen LogP contribution < -0.4 is 18.9 Å². The molecule has 0 radical (unpaired) electrons. The highest BCUT2D eigenvalue weighted by Crippen LogP contribution is 2.18. The highest BCUT2D eigenvalue weighted by molar-refractivity contribution is 5.92. The van der Waals surface area contributed by atoms with Crippen LogP contribution in [-0.2, 0) is 4.74 Å². The topological polar surface area (TPSA) is 80.3 Å². The number of rotatable bonds is 12. The van der Waals surface area contributed by atoms with Crippen molar-refractivity contribution in [1.29, 1.82) is 0 Å². The molecule has 4 rings (SSSR count).